The Balaban J connectivity index is 1.60. The van der Waals surface area contributed by atoms with E-state index in [1.165, 1.54) is 0 Å². The topological polar surface area (TPSA) is 41.5 Å². The van der Waals surface area contributed by atoms with Crippen LogP contribution in [0.1, 0.15) is 13.8 Å². The lowest BCUT2D eigenvalue weighted by atomic mass is 10.2. The molecule has 2 heterocycles. The molecule has 0 aliphatic carbocycles. The number of rotatable bonds is 5. The van der Waals surface area contributed by atoms with E-state index in [4.69, 9.17) is 16.3 Å². The quantitative estimate of drug-likeness (QED) is 0.811. The Labute approximate surface area is 152 Å². The molecular weight excluding hydrogens is 344 g/mol. The van der Waals surface area contributed by atoms with Gasteiger partial charge < -0.3 is 9.64 Å². The van der Waals surface area contributed by atoms with Crippen LogP contribution >= 0.6 is 22.9 Å². The minimum Gasteiger partial charge on any atom is -0.373 e. The molecule has 7 heteroatoms. The van der Waals surface area contributed by atoms with Crippen molar-refractivity contribution in [2.45, 2.75) is 26.1 Å². The van der Waals surface area contributed by atoms with Gasteiger partial charge in [-0.2, -0.15) is 0 Å². The van der Waals surface area contributed by atoms with E-state index in [9.17, 15) is 0 Å². The standard InChI is InChI=1S/C17H23ClN4OS/c1-12-10-22(11-13(2)23-12)9-8-21(3)17-20-19-16(24-17)14-6-4-5-7-15(14)18/h4-7,12-13H,8-11H2,1-3H3/t12-,13+. The lowest BCUT2D eigenvalue weighted by Gasteiger charge is -2.36. The van der Waals surface area contributed by atoms with Gasteiger partial charge in [-0.3, -0.25) is 4.90 Å². The third-order valence-electron chi connectivity index (χ3n) is 4.09. The van der Waals surface area contributed by atoms with Crippen molar-refractivity contribution in [1.82, 2.24) is 15.1 Å². The first kappa shape index (κ1) is 17.6. The monoisotopic (exact) mass is 366 g/mol. The van der Waals surface area contributed by atoms with Crippen molar-refractivity contribution in [3.63, 3.8) is 0 Å². The number of anilines is 1. The molecule has 1 aromatic carbocycles. The van der Waals surface area contributed by atoms with Gasteiger partial charge in [0.05, 0.1) is 17.2 Å². The van der Waals surface area contributed by atoms with E-state index in [0.717, 1.165) is 41.9 Å². The molecule has 2 atom stereocenters. The van der Waals surface area contributed by atoms with Crippen LogP contribution in [0.3, 0.4) is 0 Å². The zero-order valence-corrected chi connectivity index (χ0v) is 15.8. The lowest BCUT2D eigenvalue weighted by Crippen LogP contribution is -2.47. The second kappa shape index (κ2) is 7.78. The van der Waals surface area contributed by atoms with Crippen molar-refractivity contribution in [2.24, 2.45) is 0 Å². The lowest BCUT2D eigenvalue weighted by molar-refractivity contribution is -0.0670. The van der Waals surface area contributed by atoms with Gasteiger partial charge in [-0.05, 0) is 19.9 Å². The highest BCUT2D eigenvalue weighted by molar-refractivity contribution is 7.18. The molecule has 1 fully saturated rings. The average Bonchev–Trinajstić information content (AvgIpc) is 3.02. The summed E-state index contributed by atoms with van der Waals surface area (Å²) in [6.45, 7) is 8.14. The van der Waals surface area contributed by atoms with E-state index < -0.39 is 0 Å². The second-order valence-electron chi connectivity index (χ2n) is 6.31. The summed E-state index contributed by atoms with van der Waals surface area (Å²) in [4.78, 5) is 4.61. The molecule has 0 amide bonds. The first-order chi connectivity index (χ1) is 11.5. The van der Waals surface area contributed by atoms with Gasteiger partial charge in [-0.25, -0.2) is 0 Å². The van der Waals surface area contributed by atoms with Crippen LogP contribution in [0.5, 0.6) is 0 Å². The van der Waals surface area contributed by atoms with E-state index in [2.05, 4.69) is 40.9 Å². The van der Waals surface area contributed by atoms with Crippen molar-refractivity contribution in [2.75, 3.05) is 38.1 Å². The van der Waals surface area contributed by atoms with Gasteiger partial charge >= 0.3 is 0 Å². The molecule has 130 valence electrons. The largest absolute Gasteiger partial charge is 0.373 e. The molecule has 0 unspecified atom stereocenters. The van der Waals surface area contributed by atoms with Crippen LogP contribution in [0, 0.1) is 0 Å². The van der Waals surface area contributed by atoms with E-state index in [1.807, 2.05) is 24.3 Å². The van der Waals surface area contributed by atoms with E-state index >= 15 is 0 Å². The number of halogens is 1. The van der Waals surface area contributed by atoms with Crippen molar-refractivity contribution in [3.05, 3.63) is 29.3 Å². The Kier molecular flexibility index (Phi) is 5.71. The highest BCUT2D eigenvalue weighted by Gasteiger charge is 2.22. The molecule has 24 heavy (non-hydrogen) atoms. The Morgan fingerprint density at radius 2 is 1.96 bits per heavy atom. The summed E-state index contributed by atoms with van der Waals surface area (Å²) in [5.74, 6) is 0. The Hall–Kier alpha value is -1.21. The maximum Gasteiger partial charge on any atom is 0.208 e. The van der Waals surface area contributed by atoms with Gasteiger partial charge in [0.15, 0.2) is 5.01 Å². The molecule has 3 rings (SSSR count). The van der Waals surface area contributed by atoms with Crippen LogP contribution in [-0.4, -0.2) is 60.5 Å². The molecule has 0 radical (unpaired) electrons. The molecule has 0 bridgehead atoms. The summed E-state index contributed by atoms with van der Waals surface area (Å²) >= 11 is 7.82. The minimum absolute atomic E-state index is 0.299. The Morgan fingerprint density at radius 3 is 2.67 bits per heavy atom. The number of aromatic nitrogens is 2. The van der Waals surface area contributed by atoms with Crippen molar-refractivity contribution >= 4 is 28.1 Å². The smallest absolute Gasteiger partial charge is 0.208 e. The van der Waals surface area contributed by atoms with Gasteiger partial charge in [0, 0.05) is 38.8 Å². The second-order valence-corrected chi connectivity index (χ2v) is 7.67. The predicted molar refractivity (Wildman–Crippen MR) is 100 cm³/mol. The van der Waals surface area contributed by atoms with E-state index in [-0.39, 0.29) is 0 Å². The average molecular weight is 367 g/mol. The molecule has 0 saturated carbocycles. The van der Waals surface area contributed by atoms with Crippen LogP contribution in [0.15, 0.2) is 24.3 Å². The van der Waals surface area contributed by atoms with Crippen LogP contribution in [0.2, 0.25) is 5.02 Å². The van der Waals surface area contributed by atoms with Crippen molar-refractivity contribution in [3.8, 4) is 10.6 Å². The van der Waals surface area contributed by atoms with E-state index in [1.54, 1.807) is 11.3 Å². The molecular formula is C17H23ClN4OS. The Bertz CT molecular complexity index is 670. The zero-order valence-electron chi connectivity index (χ0n) is 14.3. The maximum atomic E-state index is 6.24. The molecule has 0 N–H and O–H groups in total. The fourth-order valence-electron chi connectivity index (χ4n) is 2.97. The number of ether oxygens (including phenoxy) is 1. The summed E-state index contributed by atoms with van der Waals surface area (Å²) in [7, 11) is 2.06. The molecule has 0 spiro atoms. The molecule has 1 aliphatic rings. The van der Waals surface area contributed by atoms with Crippen LogP contribution in [-0.2, 0) is 4.74 Å². The van der Waals surface area contributed by atoms with Crippen LogP contribution < -0.4 is 4.90 Å². The number of hydrogen-bond acceptors (Lipinski definition) is 6. The summed E-state index contributed by atoms with van der Waals surface area (Å²) in [6.07, 6.45) is 0.597. The third-order valence-corrected chi connectivity index (χ3v) is 5.49. The van der Waals surface area contributed by atoms with Crippen LogP contribution in [0.25, 0.3) is 10.6 Å². The number of hydrogen-bond donors (Lipinski definition) is 0. The van der Waals surface area contributed by atoms with Gasteiger partial charge in [-0.1, -0.05) is 41.1 Å². The molecule has 1 saturated heterocycles. The van der Waals surface area contributed by atoms with Crippen LogP contribution in [0.4, 0.5) is 5.13 Å². The first-order valence-corrected chi connectivity index (χ1v) is 9.39. The fourth-order valence-corrected chi connectivity index (χ4v) is 4.12. The first-order valence-electron chi connectivity index (χ1n) is 8.20. The predicted octanol–water partition coefficient (Wildman–Crippen LogP) is 3.40. The Morgan fingerprint density at radius 1 is 1.25 bits per heavy atom. The molecule has 1 aliphatic heterocycles. The number of morpholine rings is 1. The van der Waals surface area contributed by atoms with Gasteiger partial charge in [0.1, 0.15) is 0 Å². The highest BCUT2D eigenvalue weighted by atomic mass is 35.5. The highest BCUT2D eigenvalue weighted by Crippen LogP contribution is 2.32. The van der Waals surface area contributed by atoms with E-state index in [0.29, 0.717) is 17.2 Å². The SMILES string of the molecule is C[C@@H]1CN(CCN(C)c2nnc(-c3ccccc3Cl)s2)C[C@H](C)O1. The maximum absolute atomic E-state index is 6.24. The summed E-state index contributed by atoms with van der Waals surface area (Å²) in [5, 5.41) is 11.1. The zero-order chi connectivity index (χ0) is 17.1. The van der Waals surface area contributed by atoms with Gasteiger partial charge in [0.2, 0.25) is 5.13 Å². The molecule has 2 aromatic rings. The molecule has 1 aromatic heterocycles. The van der Waals surface area contributed by atoms with Gasteiger partial charge in [-0.15, -0.1) is 10.2 Å². The number of likely N-dealkylation sites (N-methyl/N-ethyl adjacent to an activating group) is 1. The number of nitrogens with zero attached hydrogens (tertiary/aromatic N) is 4. The normalized spacial score (nSPS) is 21.8. The third kappa shape index (κ3) is 4.25. The summed E-state index contributed by atoms with van der Waals surface area (Å²) < 4.78 is 5.78. The summed E-state index contributed by atoms with van der Waals surface area (Å²) in [5.41, 5.74) is 0.937. The van der Waals surface area contributed by atoms with Crippen molar-refractivity contribution in [1.29, 1.82) is 0 Å². The van der Waals surface area contributed by atoms with Crippen molar-refractivity contribution < 1.29 is 4.74 Å². The fraction of sp³-hybridized carbons (Fsp3) is 0.529. The van der Waals surface area contributed by atoms with Gasteiger partial charge in [0.25, 0.3) is 0 Å². The molecule has 5 nitrogen and oxygen atoms in total. The number of benzene rings is 1. The summed E-state index contributed by atoms with van der Waals surface area (Å²) in [6, 6.07) is 7.74. The minimum atomic E-state index is 0.299.